The fourth-order valence-corrected chi connectivity index (χ4v) is 4.93. The van der Waals surface area contributed by atoms with Gasteiger partial charge in [-0.1, -0.05) is 12.1 Å². The number of carbonyl (C=O) groups is 1. The molecular formula is C28H31N5O2. The van der Waals surface area contributed by atoms with Crippen LogP contribution in [0.2, 0.25) is 0 Å². The van der Waals surface area contributed by atoms with Gasteiger partial charge in [0.1, 0.15) is 5.75 Å². The lowest BCUT2D eigenvalue weighted by molar-refractivity contribution is 0.0760. The van der Waals surface area contributed by atoms with Gasteiger partial charge in [-0.15, -0.1) is 0 Å². The molecule has 0 spiro atoms. The molecule has 0 aliphatic carbocycles. The molecule has 7 nitrogen and oxygen atoms in total. The Morgan fingerprint density at radius 2 is 2.06 bits per heavy atom. The van der Waals surface area contributed by atoms with Crippen LogP contribution >= 0.6 is 0 Å². The first-order valence-electron chi connectivity index (χ1n) is 12.2. The van der Waals surface area contributed by atoms with Crippen molar-refractivity contribution in [2.75, 3.05) is 25.5 Å². The number of aromatic nitrogens is 3. The first-order chi connectivity index (χ1) is 17.2. The van der Waals surface area contributed by atoms with Crippen molar-refractivity contribution in [2.24, 2.45) is 5.92 Å². The SMILES string of the molecule is COc1ccc(C(=O)N2CCC[C@H](Cc3cccn4nccc34)CC2)cc1NCc1cccnc1. The molecule has 5 rings (SSSR count). The maximum atomic E-state index is 13.4. The number of likely N-dealkylation sites (tertiary alicyclic amines) is 1. The van der Waals surface area contributed by atoms with E-state index in [2.05, 4.69) is 33.6 Å². The fraction of sp³-hybridized carbons (Fsp3) is 0.321. The highest BCUT2D eigenvalue weighted by Gasteiger charge is 2.23. The predicted octanol–water partition coefficient (Wildman–Crippen LogP) is 4.84. The van der Waals surface area contributed by atoms with E-state index in [4.69, 9.17) is 4.74 Å². The highest BCUT2D eigenvalue weighted by atomic mass is 16.5. The van der Waals surface area contributed by atoms with Crippen LogP contribution in [0.1, 0.15) is 40.7 Å². The molecule has 0 saturated carbocycles. The molecule has 3 aromatic heterocycles. The predicted molar refractivity (Wildman–Crippen MR) is 137 cm³/mol. The molecule has 1 aliphatic heterocycles. The van der Waals surface area contributed by atoms with Gasteiger partial charge in [-0.3, -0.25) is 9.78 Å². The second-order valence-corrected chi connectivity index (χ2v) is 9.12. The van der Waals surface area contributed by atoms with Gasteiger partial charge in [-0.25, -0.2) is 4.52 Å². The van der Waals surface area contributed by atoms with E-state index in [1.165, 1.54) is 11.1 Å². The van der Waals surface area contributed by atoms with E-state index in [0.29, 0.717) is 18.0 Å². The van der Waals surface area contributed by atoms with Crippen molar-refractivity contribution in [2.45, 2.75) is 32.2 Å². The summed E-state index contributed by atoms with van der Waals surface area (Å²) in [6.07, 6.45) is 11.6. The summed E-state index contributed by atoms with van der Waals surface area (Å²) < 4.78 is 7.46. The number of hydrogen-bond acceptors (Lipinski definition) is 5. The number of methoxy groups -OCH3 is 1. The van der Waals surface area contributed by atoms with Gasteiger partial charge in [0.2, 0.25) is 0 Å². The summed E-state index contributed by atoms with van der Waals surface area (Å²) in [7, 11) is 1.64. The van der Waals surface area contributed by atoms with Crippen LogP contribution in [-0.2, 0) is 13.0 Å². The molecule has 1 aromatic carbocycles. The molecule has 1 fully saturated rings. The van der Waals surface area contributed by atoms with Gasteiger partial charge in [0.15, 0.2) is 0 Å². The maximum Gasteiger partial charge on any atom is 0.253 e. The number of anilines is 1. The molecule has 1 aliphatic rings. The number of hydrogen-bond donors (Lipinski definition) is 1. The largest absolute Gasteiger partial charge is 0.495 e. The number of fused-ring (bicyclic) bond motifs is 1. The van der Waals surface area contributed by atoms with Crippen LogP contribution in [0, 0.1) is 5.92 Å². The van der Waals surface area contributed by atoms with Crippen molar-refractivity contribution in [3.05, 3.63) is 90.0 Å². The summed E-state index contributed by atoms with van der Waals surface area (Å²) in [5, 5.41) is 7.75. The minimum Gasteiger partial charge on any atom is -0.495 e. The van der Waals surface area contributed by atoms with Crippen LogP contribution < -0.4 is 10.1 Å². The topological polar surface area (TPSA) is 71.8 Å². The zero-order valence-corrected chi connectivity index (χ0v) is 20.1. The fourth-order valence-electron chi connectivity index (χ4n) is 4.93. The average molecular weight is 470 g/mol. The van der Waals surface area contributed by atoms with Crippen LogP contribution in [0.3, 0.4) is 0 Å². The third-order valence-electron chi connectivity index (χ3n) is 6.82. The summed E-state index contributed by atoms with van der Waals surface area (Å²) >= 11 is 0. The van der Waals surface area contributed by atoms with E-state index < -0.39 is 0 Å². The lowest BCUT2D eigenvalue weighted by atomic mass is 9.92. The Balaban J connectivity index is 1.24. The van der Waals surface area contributed by atoms with Crippen molar-refractivity contribution in [1.29, 1.82) is 0 Å². The van der Waals surface area contributed by atoms with Crippen LogP contribution in [-0.4, -0.2) is 45.6 Å². The number of amides is 1. The molecular weight excluding hydrogens is 438 g/mol. The van der Waals surface area contributed by atoms with Gasteiger partial charge < -0.3 is 15.0 Å². The van der Waals surface area contributed by atoms with Crippen LogP contribution in [0.5, 0.6) is 5.75 Å². The molecule has 1 amide bonds. The van der Waals surface area contributed by atoms with Crippen molar-refractivity contribution in [3.8, 4) is 5.75 Å². The van der Waals surface area contributed by atoms with Gasteiger partial charge in [-0.05, 0) is 79.1 Å². The molecule has 1 saturated heterocycles. The number of ether oxygens (including phenoxy) is 1. The molecule has 4 heterocycles. The maximum absolute atomic E-state index is 13.4. The Hall–Kier alpha value is -3.87. The molecule has 0 bridgehead atoms. The van der Waals surface area contributed by atoms with E-state index >= 15 is 0 Å². The van der Waals surface area contributed by atoms with E-state index in [1.54, 1.807) is 13.3 Å². The minimum atomic E-state index is 0.0793. The Morgan fingerprint density at radius 1 is 1.11 bits per heavy atom. The highest BCUT2D eigenvalue weighted by molar-refractivity contribution is 5.95. The molecule has 7 heteroatoms. The molecule has 180 valence electrons. The number of benzene rings is 1. The standard InChI is InChI=1S/C28H31N5O2/c1-35-27-9-8-24(18-25(27)30-20-22-5-2-12-29-19-22)28(34)32-14-3-6-21(11-16-32)17-23-7-4-15-33-26(23)10-13-31-33/h2,4-5,7-10,12-13,15,18-19,21,30H,3,6,11,14,16-17,20H2,1H3/t21-/m0/s1. The number of nitrogens with zero attached hydrogens (tertiary/aromatic N) is 4. The molecule has 35 heavy (non-hydrogen) atoms. The Kier molecular flexibility index (Phi) is 6.93. The summed E-state index contributed by atoms with van der Waals surface area (Å²) in [6.45, 7) is 2.17. The van der Waals surface area contributed by atoms with Gasteiger partial charge in [0, 0.05) is 50.0 Å². The molecule has 4 aromatic rings. The highest BCUT2D eigenvalue weighted by Crippen LogP contribution is 2.28. The minimum absolute atomic E-state index is 0.0793. The number of rotatable bonds is 7. The summed E-state index contributed by atoms with van der Waals surface area (Å²) in [6, 6.07) is 15.9. The lowest BCUT2D eigenvalue weighted by Crippen LogP contribution is -2.32. The van der Waals surface area contributed by atoms with E-state index in [1.807, 2.05) is 58.3 Å². The van der Waals surface area contributed by atoms with Gasteiger partial charge in [0.05, 0.1) is 18.3 Å². The van der Waals surface area contributed by atoms with Crippen molar-refractivity contribution < 1.29 is 9.53 Å². The van der Waals surface area contributed by atoms with Crippen LogP contribution in [0.25, 0.3) is 5.52 Å². The number of carbonyl (C=O) groups excluding carboxylic acids is 1. The first kappa shape index (κ1) is 22.9. The second kappa shape index (κ2) is 10.6. The average Bonchev–Trinajstić information content (AvgIpc) is 3.27. The normalized spacial score (nSPS) is 16.1. The quantitative estimate of drug-likeness (QED) is 0.420. The van der Waals surface area contributed by atoms with Gasteiger partial charge in [-0.2, -0.15) is 5.10 Å². The van der Waals surface area contributed by atoms with Crippen LogP contribution in [0.15, 0.2) is 73.3 Å². The number of pyridine rings is 2. The van der Waals surface area contributed by atoms with E-state index in [0.717, 1.165) is 55.8 Å². The van der Waals surface area contributed by atoms with E-state index in [-0.39, 0.29) is 5.91 Å². The Morgan fingerprint density at radius 3 is 2.91 bits per heavy atom. The summed E-state index contributed by atoms with van der Waals surface area (Å²) in [4.78, 5) is 19.6. The van der Waals surface area contributed by atoms with Gasteiger partial charge >= 0.3 is 0 Å². The Bertz CT molecular complexity index is 1290. The van der Waals surface area contributed by atoms with Crippen molar-refractivity contribution in [1.82, 2.24) is 19.5 Å². The second-order valence-electron chi connectivity index (χ2n) is 9.12. The third-order valence-corrected chi connectivity index (χ3v) is 6.82. The summed E-state index contributed by atoms with van der Waals surface area (Å²) in [5.41, 5.74) is 5.06. The lowest BCUT2D eigenvalue weighted by Gasteiger charge is -2.22. The smallest absolute Gasteiger partial charge is 0.253 e. The van der Waals surface area contributed by atoms with Gasteiger partial charge in [0.25, 0.3) is 5.91 Å². The zero-order valence-electron chi connectivity index (χ0n) is 20.1. The van der Waals surface area contributed by atoms with Crippen molar-refractivity contribution >= 4 is 17.1 Å². The Labute approximate surface area is 205 Å². The number of nitrogens with one attached hydrogen (secondary N) is 1. The van der Waals surface area contributed by atoms with Crippen molar-refractivity contribution in [3.63, 3.8) is 0 Å². The third kappa shape index (κ3) is 5.29. The molecule has 0 unspecified atom stereocenters. The molecule has 1 N–H and O–H groups in total. The molecule has 0 radical (unpaired) electrons. The monoisotopic (exact) mass is 469 g/mol. The first-order valence-corrected chi connectivity index (χ1v) is 12.2. The zero-order chi connectivity index (χ0) is 24.0. The van der Waals surface area contributed by atoms with Crippen LogP contribution in [0.4, 0.5) is 5.69 Å². The molecule has 1 atom stereocenters. The van der Waals surface area contributed by atoms with E-state index in [9.17, 15) is 4.79 Å². The summed E-state index contributed by atoms with van der Waals surface area (Å²) in [5.74, 6) is 1.35.